The van der Waals surface area contributed by atoms with Crippen LogP contribution < -0.4 is 5.32 Å². The van der Waals surface area contributed by atoms with Crippen LogP contribution in [0.3, 0.4) is 0 Å². The number of hydrogen-bond donors (Lipinski definition) is 2. The van der Waals surface area contributed by atoms with E-state index in [2.05, 4.69) is 35.5 Å². The predicted molar refractivity (Wildman–Crippen MR) is 76.7 cm³/mol. The second kappa shape index (κ2) is 5.40. The number of halogens is 3. The highest BCUT2D eigenvalue weighted by molar-refractivity contribution is 6.35. The van der Waals surface area contributed by atoms with E-state index in [0.717, 1.165) is 0 Å². The summed E-state index contributed by atoms with van der Waals surface area (Å²) in [4.78, 5) is 26.8. The number of aromatic nitrogens is 6. The fraction of sp³-hybridized carbons (Fsp3) is 0. The van der Waals surface area contributed by atoms with Gasteiger partial charge in [-0.05, 0) is 6.07 Å². The van der Waals surface area contributed by atoms with Gasteiger partial charge in [0.1, 0.15) is 5.52 Å². The normalized spacial score (nSPS) is 10.8. The molecule has 106 valence electrons. The summed E-state index contributed by atoms with van der Waals surface area (Å²) in [7, 11) is 0. The Kier molecular flexibility index (Phi) is 3.58. The molecule has 11 heteroatoms. The Bertz CT molecular complexity index is 850. The highest BCUT2D eigenvalue weighted by atomic mass is 35.5. The molecule has 0 aliphatic rings. The summed E-state index contributed by atoms with van der Waals surface area (Å²) in [5.74, 6) is -0.614. The maximum Gasteiger partial charge on any atom is 0.261 e. The number of carbonyl (C=O) groups excluding carboxylic acids is 1. The van der Waals surface area contributed by atoms with Gasteiger partial charge in [-0.15, -0.1) is 10.2 Å². The van der Waals surface area contributed by atoms with Crippen LogP contribution in [-0.2, 0) is 0 Å². The van der Waals surface area contributed by atoms with Crippen molar-refractivity contribution in [2.24, 2.45) is 0 Å². The number of fused-ring (bicyclic) bond motifs is 1. The highest BCUT2D eigenvalue weighted by Crippen LogP contribution is 2.20. The maximum atomic E-state index is 12.1. The van der Waals surface area contributed by atoms with E-state index in [9.17, 15) is 4.79 Å². The van der Waals surface area contributed by atoms with Crippen molar-refractivity contribution in [3.05, 3.63) is 33.4 Å². The van der Waals surface area contributed by atoms with Gasteiger partial charge in [0, 0.05) is 0 Å². The lowest BCUT2D eigenvalue weighted by Gasteiger charge is -2.05. The molecule has 1 amide bonds. The Morgan fingerprint density at radius 2 is 1.95 bits per heavy atom. The molecule has 0 unspecified atom stereocenters. The highest BCUT2D eigenvalue weighted by Gasteiger charge is 2.16. The molecule has 0 aliphatic carbocycles. The van der Waals surface area contributed by atoms with Gasteiger partial charge in [0.15, 0.2) is 21.1 Å². The lowest BCUT2D eigenvalue weighted by atomic mass is 10.3. The van der Waals surface area contributed by atoms with Gasteiger partial charge in [-0.3, -0.25) is 10.1 Å². The van der Waals surface area contributed by atoms with Crippen LogP contribution in [0.2, 0.25) is 15.5 Å². The third kappa shape index (κ3) is 2.73. The summed E-state index contributed by atoms with van der Waals surface area (Å²) in [6, 6.07) is 1.28. The van der Waals surface area contributed by atoms with Crippen LogP contribution in [0.5, 0.6) is 0 Å². The molecule has 3 aromatic rings. The summed E-state index contributed by atoms with van der Waals surface area (Å²) in [6.07, 6.45) is 1.42. The van der Waals surface area contributed by atoms with Crippen LogP contribution in [0.4, 0.5) is 5.95 Å². The number of nitrogens with zero attached hydrogens (tertiary/aromatic N) is 5. The molecule has 0 fully saturated rings. The van der Waals surface area contributed by atoms with Crippen molar-refractivity contribution < 1.29 is 4.79 Å². The van der Waals surface area contributed by atoms with Crippen molar-refractivity contribution in [1.82, 2.24) is 30.1 Å². The van der Waals surface area contributed by atoms with Crippen molar-refractivity contribution >= 4 is 57.8 Å². The van der Waals surface area contributed by atoms with Gasteiger partial charge < -0.3 is 4.98 Å². The monoisotopic (exact) mass is 343 g/mol. The number of nitrogens with one attached hydrogen (secondary N) is 2. The zero-order chi connectivity index (χ0) is 15.0. The van der Waals surface area contributed by atoms with E-state index in [-0.39, 0.29) is 27.0 Å². The van der Waals surface area contributed by atoms with Crippen molar-refractivity contribution in [3.8, 4) is 0 Å². The number of imidazole rings is 1. The van der Waals surface area contributed by atoms with Crippen molar-refractivity contribution in [2.45, 2.75) is 0 Å². The van der Waals surface area contributed by atoms with E-state index >= 15 is 0 Å². The molecule has 0 spiro atoms. The zero-order valence-corrected chi connectivity index (χ0v) is 12.2. The van der Waals surface area contributed by atoms with E-state index in [1.165, 1.54) is 12.4 Å². The maximum absolute atomic E-state index is 12.1. The van der Waals surface area contributed by atoms with Gasteiger partial charge >= 0.3 is 0 Å². The number of amides is 1. The molecule has 0 saturated heterocycles. The number of aromatic amines is 1. The van der Waals surface area contributed by atoms with Gasteiger partial charge in [-0.1, -0.05) is 34.8 Å². The quantitative estimate of drug-likeness (QED) is 0.691. The van der Waals surface area contributed by atoms with E-state index in [1.54, 1.807) is 0 Å². The fourth-order valence-corrected chi connectivity index (χ4v) is 2.08. The minimum atomic E-state index is -0.595. The fourth-order valence-electron chi connectivity index (χ4n) is 1.53. The van der Waals surface area contributed by atoms with Gasteiger partial charge in [-0.25, -0.2) is 4.98 Å². The smallest absolute Gasteiger partial charge is 0.261 e. The van der Waals surface area contributed by atoms with Crippen LogP contribution in [0.1, 0.15) is 10.4 Å². The van der Waals surface area contributed by atoms with Gasteiger partial charge in [-0.2, -0.15) is 9.97 Å². The van der Waals surface area contributed by atoms with Crippen LogP contribution in [0.15, 0.2) is 12.4 Å². The summed E-state index contributed by atoms with van der Waals surface area (Å²) in [5, 5.41) is 9.56. The molecule has 0 aliphatic heterocycles. The first-order chi connectivity index (χ1) is 10.0. The lowest BCUT2D eigenvalue weighted by molar-refractivity contribution is 0.102. The molecule has 2 N–H and O–H groups in total. The Morgan fingerprint density at radius 1 is 1.14 bits per heavy atom. The minimum absolute atomic E-state index is 0.0198. The molecule has 0 atom stereocenters. The first kappa shape index (κ1) is 13.9. The van der Waals surface area contributed by atoms with Gasteiger partial charge in [0.2, 0.25) is 5.95 Å². The Labute approximate surface area is 131 Å². The standard InChI is InChI=1S/C10H4Cl3N7O/c11-4-1-3(6(12)20-19-4)9(21)18-10-16-7(13)5-8(17-10)15-2-14-5/h1-2H,(H2,14,15,16,17,18,21). The number of hydrogen-bond acceptors (Lipinski definition) is 6. The third-order valence-electron chi connectivity index (χ3n) is 2.43. The number of carbonyl (C=O) groups is 1. The van der Waals surface area contributed by atoms with Gasteiger partial charge in [0.05, 0.1) is 11.9 Å². The second-order valence-corrected chi connectivity index (χ2v) is 4.87. The minimum Gasteiger partial charge on any atom is -0.341 e. The average Bonchev–Trinajstić information content (AvgIpc) is 2.90. The summed E-state index contributed by atoms with van der Waals surface area (Å²) in [5.41, 5.74) is 0.835. The number of anilines is 1. The Balaban J connectivity index is 1.94. The average molecular weight is 345 g/mol. The lowest BCUT2D eigenvalue weighted by Crippen LogP contribution is -2.15. The molecule has 8 nitrogen and oxygen atoms in total. The summed E-state index contributed by atoms with van der Waals surface area (Å²) in [6.45, 7) is 0. The molecular weight excluding hydrogens is 341 g/mol. The van der Waals surface area contributed by atoms with E-state index < -0.39 is 5.91 Å². The molecule has 3 heterocycles. The van der Waals surface area contributed by atoms with Crippen LogP contribution in [0, 0.1) is 0 Å². The number of H-pyrrole nitrogens is 1. The second-order valence-electron chi connectivity index (χ2n) is 3.76. The third-order valence-corrected chi connectivity index (χ3v) is 3.17. The molecule has 3 rings (SSSR count). The topological polar surface area (TPSA) is 109 Å². The Hall–Kier alpha value is -2.03. The molecule has 0 saturated carbocycles. The van der Waals surface area contributed by atoms with Crippen molar-refractivity contribution in [2.75, 3.05) is 5.32 Å². The zero-order valence-electron chi connectivity index (χ0n) is 9.93. The van der Waals surface area contributed by atoms with E-state index in [1.807, 2.05) is 0 Å². The largest absolute Gasteiger partial charge is 0.341 e. The van der Waals surface area contributed by atoms with Crippen LogP contribution in [-0.4, -0.2) is 36.0 Å². The van der Waals surface area contributed by atoms with Crippen LogP contribution in [0.25, 0.3) is 11.2 Å². The van der Waals surface area contributed by atoms with Gasteiger partial charge in [0.25, 0.3) is 5.91 Å². The Morgan fingerprint density at radius 3 is 2.76 bits per heavy atom. The number of rotatable bonds is 2. The predicted octanol–water partition coefficient (Wildman–Crippen LogP) is 2.36. The first-order valence-corrected chi connectivity index (χ1v) is 6.54. The van der Waals surface area contributed by atoms with Crippen LogP contribution >= 0.6 is 34.8 Å². The summed E-state index contributed by atoms with van der Waals surface area (Å²) >= 11 is 17.4. The van der Waals surface area contributed by atoms with Crippen molar-refractivity contribution in [1.29, 1.82) is 0 Å². The van der Waals surface area contributed by atoms with E-state index in [0.29, 0.717) is 11.2 Å². The molecular formula is C10H4Cl3N7O. The molecule has 3 aromatic heterocycles. The molecule has 0 bridgehead atoms. The molecule has 0 aromatic carbocycles. The first-order valence-electron chi connectivity index (χ1n) is 5.41. The molecule has 21 heavy (non-hydrogen) atoms. The van der Waals surface area contributed by atoms with Crippen molar-refractivity contribution in [3.63, 3.8) is 0 Å². The van der Waals surface area contributed by atoms with E-state index in [4.69, 9.17) is 34.8 Å². The SMILES string of the molecule is O=C(Nc1nc(Cl)c2[nH]cnc2n1)c1cc(Cl)nnc1Cl. The summed E-state index contributed by atoms with van der Waals surface area (Å²) < 4.78 is 0. The molecule has 0 radical (unpaired) electrons.